The van der Waals surface area contributed by atoms with Crippen molar-refractivity contribution < 1.29 is 0 Å². The van der Waals surface area contributed by atoms with Gasteiger partial charge in [-0.05, 0) is 43.0 Å². The SMILES string of the molecule is Cc1ccc(C(CN)N2CCC(C)C2)c(Br)c1. The van der Waals surface area contributed by atoms with Gasteiger partial charge in [0.15, 0.2) is 0 Å². The fraction of sp³-hybridized carbons (Fsp3) is 0.571. The first kappa shape index (κ1) is 13.1. The minimum absolute atomic E-state index is 0.356. The highest BCUT2D eigenvalue weighted by Crippen LogP contribution is 2.31. The summed E-state index contributed by atoms with van der Waals surface area (Å²) in [6, 6.07) is 6.91. The van der Waals surface area contributed by atoms with Crippen LogP contribution in [0.15, 0.2) is 22.7 Å². The van der Waals surface area contributed by atoms with E-state index in [2.05, 4.69) is 52.9 Å². The molecular formula is C14H21BrN2. The van der Waals surface area contributed by atoms with Gasteiger partial charge in [-0.1, -0.05) is 35.0 Å². The lowest BCUT2D eigenvalue weighted by Crippen LogP contribution is -2.32. The third kappa shape index (κ3) is 2.90. The minimum atomic E-state index is 0.356. The van der Waals surface area contributed by atoms with Gasteiger partial charge in [-0.25, -0.2) is 0 Å². The van der Waals surface area contributed by atoms with Crippen LogP contribution >= 0.6 is 15.9 Å². The molecule has 0 spiro atoms. The van der Waals surface area contributed by atoms with Crippen molar-refractivity contribution in [3.63, 3.8) is 0 Å². The van der Waals surface area contributed by atoms with Gasteiger partial charge in [-0.15, -0.1) is 0 Å². The average Bonchev–Trinajstić information content (AvgIpc) is 2.69. The first-order valence-electron chi connectivity index (χ1n) is 6.32. The summed E-state index contributed by atoms with van der Waals surface area (Å²) >= 11 is 3.67. The highest BCUT2D eigenvalue weighted by Gasteiger charge is 2.27. The second-order valence-electron chi connectivity index (χ2n) is 5.17. The fourth-order valence-electron chi connectivity index (χ4n) is 2.63. The van der Waals surface area contributed by atoms with Crippen LogP contribution in [0.1, 0.15) is 30.5 Å². The van der Waals surface area contributed by atoms with Gasteiger partial charge in [0.2, 0.25) is 0 Å². The minimum Gasteiger partial charge on any atom is -0.329 e. The number of benzene rings is 1. The highest BCUT2D eigenvalue weighted by atomic mass is 79.9. The lowest BCUT2D eigenvalue weighted by Gasteiger charge is -2.28. The third-order valence-corrected chi connectivity index (χ3v) is 4.32. The number of halogens is 1. The average molecular weight is 297 g/mol. The Morgan fingerprint density at radius 1 is 1.53 bits per heavy atom. The van der Waals surface area contributed by atoms with Gasteiger partial charge in [0.25, 0.3) is 0 Å². The second kappa shape index (κ2) is 5.51. The molecule has 1 aliphatic heterocycles. The summed E-state index contributed by atoms with van der Waals surface area (Å²) in [5, 5.41) is 0. The summed E-state index contributed by atoms with van der Waals surface area (Å²) in [7, 11) is 0. The molecule has 94 valence electrons. The lowest BCUT2D eigenvalue weighted by atomic mass is 10.0. The van der Waals surface area contributed by atoms with Gasteiger partial charge in [0.1, 0.15) is 0 Å². The van der Waals surface area contributed by atoms with Crippen LogP contribution in [0.25, 0.3) is 0 Å². The summed E-state index contributed by atoms with van der Waals surface area (Å²) in [5.41, 5.74) is 8.58. The molecule has 2 N–H and O–H groups in total. The van der Waals surface area contributed by atoms with Crippen LogP contribution in [0.2, 0.25) is 0 Å². The van der Waals surface area contributed by atoms with Crippen LogP contribution in [0.4, 0.5) is 0 Å². The van der Waals surface area contributed by atoms with E-state index >= 15 is 0 Å². The number of rotatable bonds is 3. The molecule has 2 rings (SSSR count). The highest BCUT2D eigenvalue weighted by molar-refractivity contribution is 9.10. The van der Waals surface area contributed by atoms with Gasteiger partial charge in [0.05, 0.1) is 0 Å². The van der Waals surface area contributed by atoms with E-state index in [1.54, 1.807) is 0 Å². The van der Waals surface area contributed by atoms with Gasteiger partial charge >= 0.3 is 0 Å². The molecule has 0 aliphatic carbocycles. The normalized spacial score (nSPS) is 22.9. The van der Waals surface area contributed by atoms with E-state index in [0.29, 0.717) is 12.6 Å². The van der Waals surface area contributed by atoms with Crippen LogP contribution in [-0.4, -0.2) is 24.5 Å². The molecule has 1 aromatic rings. The number of nitrogens with two attached hydrogens (primary N) is 1. The van der Waals surface area contributed by atoms with E-state index in [1.807, 2.05) is 0 Å². The first-order valence-corrected chi connectivity index (χ1v) is 7.11. The van der Waals surface area contributed by atoms with E-state index in [4.69, 9.17) is 5.73 Å². The molecule has 0 bridgehead atoms. The van der Waals surface area contributed by atoms with Crippen LogP contribution in [0, 0.1) is 12.8 Å². The van der Waals surface area contributed by atoms with E-state index in [-0.39, 0.29) is 0 Å². The van der Waals surface area contributed by atoms with Gasteiger partial charge in [-0.2, -0.15) is 0 Å². The maximum absolute atomic E-state index is 5.97. The lowest BCUT2D eigenvalue weighted by molar-refractivity contribution is 0.243. The Bertz CT molecular complexity index is 392. The molecule has 1 fully saturated rings. The van der Waals surface area contributed by atoms with E-state index in [9.17, 15) is 0 Å². The van der Waals surface area contributed by atoms with Crippen LogP contribution in [0.5, 0.6) is 0 Å². The Hall–Kier alpha value is -0.380. The Morgan fingerprint density at radius 2 is 2.29 bits per heavy atom. The smallest absolute Gasteiger partial charge is 0.0481 e. The van der Waals surface area contributed by atoms with Crippen LogP contribution in [0.3, 0.4) is 0 Å². The summed E-state index contributed by atoms with van der Waals surface area (Å²) in [6.45, 7) is 7.46. The summed E-state index contributed by atoms with van der Waals surface area (Å²) in [5.74, 6) is 0.799. The summed E-state index contributed by atoms with van der Waals surface area (Å²) in [6.07, 6.45) is 1.29. The standard InChI is InChI=1S/C14H21BrN2/c1-10-3-4-12(13(15)7-10)14(8-16)17-6-5-11(2)9-17/h3-4,7,11,14H,5-6,8-9,16H2,1-2H3. The fourth-order valence-corrected chi connectivity index (χ4v) is 3.38. The third-order valence-electron chi connectivity index (χ3n) is 3.63. The number of aryl methyl sites for hydroxylation is 1. The van der Waals surface area contributed by atoms with Crippen molar-refractivity contribution in [3.05, 3.63) is 33.8 Å². The monoisotopic (exact) mass is 296 g/mol. The van der Waals surface area contributed by atoms with E-state index in [0.717, 1.165) is 5.92 Å². The molecule has 2 unspecified atom stereocenters. The topological polar surface area (TPSA) is 29.3 Å². The molecule has 1 aromatic carbocycles. The molecule has 1 aliphatic rings. The molecule has 1 heterocycles. The van der Waals surface area contributed by atoms with Crippen molar-refractivity contribution in [2.24, 2.45) is 11.7 Å². The zero-order valence-electron chi connectivity index (χ0n) is 10.6. The maximum Gasteiger partial charge on any atom is 0.0481 e. The molecule has 1 saturated heterocycles. The number of likely N-dealkylation sites (tertiary alicyclic amines) is 1. The Balaban J connectivity index is 2.23. The Kier molecular flexibility index (Phi) is 4.23. The molecule has 3 heteroatoms. The quantitative estimate of drug-likeness (QED) is 0.929. The van der Waals surface area contributed by atoms with Gasteiger partial charge < -0.3 is 5.73 Å². The molecule has 2 nitrogen and oxygen atoms in total. The number of hydrogen-bond acceptors (Lipinski definition) is 2. The van der Waals surface area contributed by atoms with Crippen molar-refractivity contribution in [1.82, 2.24) is 4.90 Å². The molecule has 0 amide bonds. The Labute approximate surface area is 112 Å². The largest absolute Gasteiger partial charge is 0.329 e. The zero-order valence-corrected chi connectivity index (χ0v) is 12.2. The molecule has 17 heavy (non-hydrogen) atoms. The van der Waals surface area contributed by atoms with Crippen molar-refractivity contribution in [1.29, 1.82) is 0 Å². The van der Waals surface area contributed by atoms with Crippen molar-refractivity contribution in [2.45, 2.75) is 26.3 Å². The predicted octanol–water partition coefficient (Wildman–Crippen LogP) is 3.10. The van der Waals surface area contributed by atoms with Crippen molar-refractivity contribution in [3.8, 4) is 0 Å². The first-order chi connectivity index (χ1) is 8.11. The Morgan fingerprint density at radius 3 is 2.82 bits per heavy atom. The van der Waals surface area contributed by atoms with Gasteiger partial charge in [0, 0.05) is 23.6 Å². The molecule has 0 radical (unpaired) electrons. The van der Waals surface area contributed by atoms with Crippen molar-refractivity contribution >= 4 is 15.9 Å². The zero-order chi connectivity index (χ0) is 12.4. The van der Waals surface area contributed by atoms with Crippen LogP contribution in [-0.2, 0) is 0 Å². The molecule has 0 aromatic heterocycles. The van der Waals surface area contributed by atoms with E-state index in [1.165, 1.54) is 35.1 Å². The predicted molar refractivity (Wildman–Crippen MR) is 76.0 cm³/mol. The van der Waals surface area contributed by atoms with Crippen LogP contribution < -0.4 is 5.73 Å². The molecule has 0 saturated carbocycles. The molecule has 2 atom stereocenters. The number of nitrogens with zero attached hydrogens (tertiary/aromatic N) is 1. The second-order valence-corrected chi connectivity index (χ2v) is 6.02. The van der Waals surface area contributed by atoms with E-state index < -0.39 is 0 Å². The summed E-state index contributed by atoms with van der Waals surface area (Å²) < 4.78 is 1.19. The van der Waals surface area contributed by atoms with Gasteiger partial charge in [-0.3, -0.25) is 4.90 Å². The van der Waals surface area contributed by atoms with Crippen molar-refractivity contribution in [2.75, 3.05) is 19.6 Å². The summed E-state index contributed by atoms with van der Waals surface area (Å²) in [4.78, 5) is 2.51. The molecular weight excluding hydrogens is 276 g/mol. The number of hydrogen-bond donors (Lipinski definition) is 1. The maximum atomic E-state index is 5.97.